The Bertz CT molecular complexity index is 1380. The Balaban J connectivity index is 1.27. The third-order valence-electron chi connectivity index (χ3n) is 8.77. The Morgan fingerprint density at radius 1 is 1.02 bits per heavy atom. The maximum absolute atomic E-state index is 13.5. The molecule has 2 aromatic rings. The topological polar surface area (TPSA) is 121 Å². The van der Waals surface area contributed by atoms with Crippen LogP contribution in [0.5, 0.6) is 5.75 Å². The van der Waals surface area contributed by atoms with E-state index in [1.165, 1.54) is 17.6 Å². The Hall–Kier alpha value is -3.96. The fraction of sp³-hybridized carbons (Fsp3) is 0.543. The van der Waals surface area contributed by atoms with Crippen LogP contribution in [0.2, 0.25) is 0 Å². The average Bonchev–Trinajstić information content (AvgIpc) is 3.00. The summed E-state index contributed by atoms with van der Waals surface area (Å²) in [4.78, 5) is 55.4. The van der Waals surface area contributed by atoms with Crippen LogP contribution in [-0.2, 0) is 14.3 Å². The first kappa shape index (κ1) is 34.9. The first-order valence-electron chi connectivity index (χ1n) is 16.1. The van der Waals surface area contributed by atoms with Crippen LogP contribution in [0.3, 0.4) is 0 Å². The highest BCUT2D eigenvalue weighted by atomic mass is 16.5. The normalized spacial score (nSPS) is 17.8. The third-order valence-corrected chi connectivity index (χ3v) is 8.77. The van der Waals surface area contributed by atoms with Gasteiger partial charge in [-0.3, -0.25) is 24.5 Å². The number of carbonyl (C=O) groups excluding carboxylic acids is 4. The maximum atomic E-state index is 13.5. The average molecular weight is 636 g/mol. The summed E-state index contributed by atoms with van der Waals surface area (Å²) < 4.78 is 12.6. The molecule has 2 saturated heterocycles. The number of amides is 3. The Morgan fingerprint density at radius 2 is 1.72 bits per heavy atom. The molecule has 0 spiro atoms. The summed E-state index contributed by atoms with van der Waals surface area (Å²) in [5.41, 5.74) is 1.23. The monoisotopic (exact) mass is 635 g/mol. The summed E-state index contributed by atoms with van der Waals surface area (Å²) in [6, 6.07) is 12.5. The smallest absolute Gasteiger partial charge is 0.257 e. The SMILES string of the molecule is CN1CCN(c2ccc(OC(C)(C)CCOC(C)(C)CCNc3cccc(C=O)c3C(=O)N(C)C3CCC(=O)NC3=O)cc2)CC1. The first-order valence-corrected chi connectivity index (χ1v) is 16.1. The molecule has 250 valence electrons. The van der Waals surface area contributed by atoms with Crippen LogP contribution in [-0.4, -0.2) is 104 Å². The number of hydrogen-bond donors (Lipinski definition) is 2. The van der Waals surface area contributed by atoms with Crippen LogP contribution in [0.15, 0.2) is 42.5 Å². The number of ether oxygens (including phenoxy) is 2. The second kappa shape index (κ2) is 15.1. The number of anilines is 2. The molecule has 11 nitrogen and oxygen atoms in total. The van der Waals surface area contributed by atoms with Crippen molar-refractivity contribution in [1.82, 2.24) is 15.1 Å². The molecule has 0 aliphatic carbocycles. The number of aldehydes is 1. The van der Waals surface area contributed by atoms with Gasteiger partial charge in [-0.2, -0.15) is 0 Å². The van der Waals surface area contributed by atoms with Crippen molar-refractivity contribution in [2.24, 2.45) is 0 Å². The van der Waals surface area contributed by atoms with Crippen molar-refractivity contribution in [2.45, 2.75) is 70.6 Å². The molecule has 3 amide bonds. The van der Waals surface area contributed by atoms with E-state index in [1.54, 1.807) is 18.2 Å². The molecular weight excluding hydrogens is 586 g/mol. The number of hydrogen-bond acceptors (Lipinski definition) is 9. The molecule has 2 aliphatic heterocycles. The van der Waals surface area contributed by atoms with Crippen molar-refractivity contribution in [2.75, 3.05) is 63.6 Å². The van der Waals surface area contributed by atoms with Crippen LogP contribution in [0.25, 0.3) is 0 Å². The zero-order valence-electron chi connectivity index (χ0n) is 28.1. The third kappa shape index (κ3) is 9.29. The number of rotatable bonds is 14. The molecule has 4 rings (SSSR count). The Labute approximate surface area is 272 Å². The number of imide groups is 1. The molecule has 0 radical (unpaired) electrons. The molecule has 11 heteroatoms. The largest absolute Gasteiger partial charge is 0.488 e. The van der Waals surface area contributed by atoms with Gasteiger partial charge in [0.1, 0.15) is 17.4 Å². The van der Waals surface area contributed by atoms with E-state index < -0.39 is 29.1 Å². The van der Waals surface area contributed by atoms with Crippen molar-refractivity contribution in [3.05, 3.63) is 53.6 Å². The lowest BCUT2D eigenvalue weighted by atomic mass is 10.00. The van der Waals surface area contributed by atoms with Crippen LogP contribution < -0.4 is 20.3 Å². The summed E-state index contributed by atoms with van der Waals surface area (Å²) in [6.45, 7) is 13.3. The molecule has 2 aliphatic rings. The second-order valence-electron chi connectivity index (χ2n) is 13.5. The lowest BCUT2D eigenvalue weighted by Crippen LogP contribution is -2.53. The van der Waals surface area contributed by atoms with E-state index in [1.807, 2.05) is 26.0 Å². The van der Waals surface area contributed by atoms with E-state index in [9.17, 15) is 19.2 Å². The van der Waals surface area contributed by atoms with E-state index in [2.05, 4.69) is 53.5 Å². The van der Waals surface area contributed by atoms with Crippen molar-refractivity contribution in [3.8, 4) is 5.75 Å². The molecule has 0 bridgehead atoms. The van der Waals surface area contributed by atoms with E-state index in [-0.39, 0.29) is 29.9 Å². The fourth-order valence-corrected chi connectivity index (χ4v) is 5.73. The Kier molecular flexibility index (Phi) is 11.4. The Morgan fingerprint density at radius 3 is 2.37 bits per heavy atom. The van der Waals surface area contributed by atoms with Crippen molar-refractivity contribution >= 4 is 35.4 Å². The van der Waals surface area contributed by atoms with E-state index in [0.717, 1.165) is 31.9 Å². The van der Waals surface area contributed by atoms with Gasteiger partial charge < -0.3 is 29.5 Å². The molecule has 1 unspecified atom stereocenters. The number of piperidine rings is 1. The van der Waals surface area contributed by atoms with Crippen LogP contribution in [0, 0.1) is 0 Å². The maximum Gasteiger partial charge on any atom is 0.257 e. The summed E-state index contributed by atoms with van der Waals surface area (Å²) >= 11 is 0. The van der Waals surface area contributed by atoms with Gasteiger partial charge in [-0.25, -0.2) is 0 Å². The van der Waals surface area contributed by atoms with Gasteiger partial charge in [0.15, 0.2) is 6.29 Å². The van der Waals surface area contributed by atoms with E-state index in [4.69, 9.17) is 9.47 Å². The lowest BCUT2D eigenvalue weighted by Gasteiger charge is -2.34. The zero-order chi connectivity index (χ0) is 33.5. The van der Waals surface area contributed by atoms with E-state index in [0.29, 0.717) is 38.0 Å². The number of likely N-dealkylation sites (N-methyl/N-ethyl adjacent to an activating group) is 2. The predicted octanol–water partition coefficient (Wildman–Crippen LogP) is 3.97. The zero-order valence-corrected chi connectivity index (χ0v) is 28.1. The van der Waals surface area contributed by atoms with Crippen molar-refractivity contribution < 1.29 is 28.7 Å². The molecule has 2 fully saturated rings. The number of benzene rings is 2. The quantitative estimate of drug-likeness (QED) is 0.235. The summed E-state index contributed by atoms with van der Waals surface area (Å²) in [5.74, 6) is -0.508. The molecule has 46 heavy (non-hydrogen) atoms. The van der Waals surface area contributed by atoms with Gasteiger partial charge in [0.25, 0.3) is 5.91 Å². The number of nitrogens with one attached hydrogen (secondary N) is 2. The first-order chi connectivity index (χ1) is 21.8. The van der Waals surface area contributed by atoms with Crippen LogP contribution >= 0.6 is 0 Å². The highest BCUT2D eigenvalue weighted by Gasteiger charge is 2.34. The lowest BCUT2D eigenvalue weighted by molar-refractivity contribution is -0.136. The summed E-state index contributed by atoms with van der Waals surface area (Å²) in [5, 5.41) is 5.58. The number of carbonyl (C=O) groups is 4. The van der Waals surface area contributed by atoms with Crippen molar-refractivity contribution in [3.63, 3.8) is 0 Å². The van der Waals surface area contributed by atoms with Gasteiger partial charge in [-0.05, 0) is 77.9 Å². The van der Waals surface area contributed by atoms with Gasteiger partial charge in [0, 0.05) is 69.6 Å². The highest BCUT2D eigenvalue weighted by Crippen LogP contribution is 2.27. The highest BCUT2D eigenvalue weighted by molar-refractivity contribution is 6.08. The minimum Gasteiger partial charge on any atom is -0.488 e. The van der Waals surface area contributed by atoms with E-state index >= 15 is 0 Å². The number of nitrogens with zero attached hydrogens (tertiary/aromatic N) is 3. The molecule has 2 N–H and O–H groups in total. The molecule has 2 aromatic carbocycles. The van der Waals surface area contributed by atoms with Gasteiger partial charge >= 0.3 is 0 Å². The van der Waals surface area contributed by atoms with Gasteiger partial charge in [-0.1, -0.05) is 12.1 Å². The van der Waals surface area contributed by atoms with Gasteiger partial charge in [0.2, 0.25) is 11.8 Å². The van der Waals surface area contributed by atoms with Crippen LogP contribution in [0.1, 0.15) is 74.1 Å². The minimum absolute atomic E-state index is 0.150. The standard InChI is InChI=1S/C35H49N5O6/c1-34(2,45-23-17-35(3,4)46-27-12-10-26(11-13-27)40-21-19-38(5)20-22-40)16-18-36-28-9-7-8-25(24-41)31(28)33(44)39(6)29-14-15-30(42)37-32(29)43/h7-13,24,29,36H,14-23H2,1-6H3,(H,37,42,43). The molecule has 0 saturated carbocycles. The minimum atomic E-state index is -0.792. The van der Waals surface area contributed by atoms with Gasteiger partial charge in [0.05, 0.1) is 17.8 Å². The molecule has 0 aromatic heterocycles. The predicted molar refractivity (Wildman–Crippen MR) is 179 cm³/mol. The van der Waals surface area contributed by atoms with Crippen LogP contribution in [0.4, 0.5) is 11.4 Å². The fourth-order valence-electron chi connectivity index (χ4n) is 5.73. The molecule has 1 atom stereocenters. The second-order valence-corrected chi connectivity index (χ2v) is 13.5. The van der Waals surface area contributed by atoms with Crippen molar-refractivity contribution in [1.29, 1.82) is 0 Å². The summed E-state index contributed by atoms with van der Waals surface area (Å²) in [6.07, 6.45) is 2.34. The number of piperazine rings is 1. The summed E-state index contributed by atoms with van der Waals surface area (Å²) in [7, 11) is 3.67. The molecule has 2 heterocycles. The molecular formula is C35H49N5O6. The van der Waals surface area contributed by atoms with Gasteiger partial charge in [-0.15, -0.1) is 0 Å².